The van der Waals surface area contributed by atoms with Crippen molar-refractivity contribution in [2.24, 2.45) is 0 Å². The van der Waals surface area contributed by atoms with Gasteiger partial charge in [0.1, 0.15) is 11.0 Å². The van der Waals surface area contributed by atoms with E-state index < -0.39 is 17.8 Å². The van der Waals surface area contributed by atoms with E-state index in [2.05, 4.69) is 19.4 Å². The minimum absolute atomic E-state index is 0.0443. The Morgan fingerprint density at radius 2 is 1.45 bits per heavy atom. The quantitative estimate of drug-likeness (QED) is 0.431. The normalized spacial score (nSPS) is 9.83. The molecule has 1 aromatic carbocycles. The van der Waals surface area contributed by atoms with Crippen molar-refractivity contribution in [1.82, 2.24) is 9.97 Å². The fraction of sp³-hybridized carbons (Fsp3) is 0.100. The first-order chi connectivity index (χ1) is 13.8. The molecule has 0 N–H and O–H groups in total. The standard InChI is InChI=1S/C13H9ClFNO2.C7H6ClNO2/c1-18-13(17)9-4-5-16-12(7-9)8-2-3-10(14)11(15)6-8;1-11-7(10)5-2-3-9-6(8)4-5/h2-7H,1H3;2-4H,1H3. The minimum Gasteiger partial charge on any atom is -0.465 e. The molecule has 150 valence electrons. The van der Waals surface area contributed by atoms with Crippen molar-refractivity contribution in [3.63, 3.8) is 0 Å². The third-order valence-electron chi connectivity index (χ3n) is 3.54. The van der Waals surface area contributed by atoms with E-state index in [4.69, 9.17) is 23.2 Å². The second kappa shape index (κ2) is 10.5. The average Bonchev–Trinajstić information content (AvgIpc) is 2.75. The van der Waals surface area contributed by atoms with Crippen LogP contribution < -0.4 is 0 Å². The van der Waals surface area contributed by atoms with Crippen LogP contribution in [0, 0.1) is 5.82 Å². The number of hydrogen-bond donors (Lipinski definition) is 0. The lowest BCUT2D eigenvalue weighted by atomic mass is 10.1. The number of carbonyl (C=O) groups excluding carboxylic acids is 2. The van der Waals surface area contributed by atoms with Gasteiger partial charge in [0.2, 0.25) is 0 Å². The van der Waals surface area contributed by atoms with Gasteiger partial charge in [0.05, 0.1) is 36.1 Å². The summed E-state index contributed by atoms with van der Waals surface area (Å²) in [5, 5.41) is 0.329. The smallest absolute Gasteiger partial charge is 0.338 e. The van der Waals surface area contributed by atoms with Gasteiger partial charge in [-0.3, -0.25) is 4.98 Å². The van der Waals surface area contributed by atoms with E-state index in [1.165, 1.54) is 63.0 Å². The molecule has 29 heavy (non-hydrogen) atoms. The Bertz CT molecular complexity index is 1030. The van der Waals surface area contributed by atoms with Crippen LogP contribution in [0.25, 0.3) is 11.3 Å². The highest BCUT2D eigenvalue weighted by molar-refractivity contribution is 6.30. The minimum atomic E-state index is -0.528. The van der Waals surface area contributed by atoms with E-state index in [9.17, 15) is 14.0 Å². The summed E-state index contributed by atoms with van der Waals surface area (Å²) in [7, 11) is 2.61. The van der Waals surface area contributed by atoms with Gasteiger partial charge in [-0.15, -0.1) is 0 Å². The van der Waals surface area contributed by atoms with Gasteiger partial charge in [-0.05, 0) is 36.4 Å². The third kappa shape index (κ3) is 6.23. The van der Waals surface area contributed by atoms with E-state index >= 15 is 0 Å². The van der Waals surface area contributed by atoms with Crippen LogP contribution in [0.1, 0.15) is 20.7 Å². The van der Waals surface area contributed by atoms with Gasteiger partial charge in [-0.25, -0.2) is 19.0 Å². The van der Waals surface area contributed by atoms with Crippen LogP contribution in [0.3, 0.4) is 0 Å². The first-order valence-corrected chi connectivity index (χ1v) is 8.81. The number of hydrogen-bond acceptors (Lipinski definition) is 6. The maximum absolute atomic E-state index is 13.3. The van der Waals surface area contributed by atoms with Crippen LogP contribution in [-0.2, 0) is 9.47 Å². The van der Waals surface area contributed by atoms with Gasteiger partial charge in [-0.2, -0.15) is 0 Å². The summed E-state index contributed by atoms with van der Waals surface area (Å²) in [5.74, 6) is -1.40. The Morgan fingerprint density at radius 1 is 0.862 bits per heavy atom. The molecule has 0 aliphatic rings. The zero-order chi connectivity index (χ0) is 21.4. The molecule has 0 bridgehead atoms. The van der Waals surface area contributed by atoms with Crippen LogP contribution >= 0.6 is 23.2 Å². The highest BCUT2D eigenvalue weighted by Crippen LogP contribution is 2.23. The first-order valence-electron chi connectivity index (χ1n) is 8.05. The van der Waals surface area contributed by atoms with Crippen molar-refractivity contribution in [2.75, 3.05) is 14.2 Å². The number of nitrogens with zero attached hydrogens (tertiary/aromatic N) is 2. The Balaban J connectivity index is 0.000000234. The number of pyridine rings is 2. The molecule has 0 unspecified atom stereocenters. The molecule has 0 saturated carbocycles. The molecule has 3 rings (SSSR count). The number of aromatic nitrogens is 2. The van der Waals surface area contributed by atoms with Crippen LogP contribution in [0.15, 0.2) is 54.9 Å². The van der Waals surface area contributed by atoms with Gasteiger partial charge >= 0.3 is 11.9 Å². The van der Waals surface area contributed by atoms with E-state index in [0.29, 0.717) is 22.4 Å². The summed E-state index contributed by atoms with van der Waals surface area (Å²) >= 11 is 11.1. The SMILES string of the molecule is COC(=O)c1ccnc(-c2ccc(Cl)c(F)c2)c1.COC(=O)c1ccnc(Cl)c1. The zero-order valence-corrected chi connectivity index (χ0v) is 16.9. The van der Waals surface area contributed by atoms with Crippen molar-refractivity contribution >= 4 is 35.1 Å². The molecule has 0 fully saturated rings. The summed E-state index contributed by atoms with van der Waals surface area (Å²) in [6.45, 7) is 0. The monoisotopic (exact) mass is 436 g/mol. The Kier molecular flexibility index (Phi) is 8.06. The van der Waals surface area contributed by atoms with Gasteiger partial charge in [0.15, 0.2) is 0 Å². The highest BCUT2D eigenvalue weighted by atomic mass is 35.5. The van der Waals surface area contributed by atoms with Crippen molar-refractivity contribution in [3.8, 4) is 11.3 Å². The van der Waals surface area contributed by atoms with Crippen LogP contribution in [0.5, 0.6) is 0 Å². The van der Waals surface area contributed by atoms with Crippen LogP contribution in [0.2, 0.25) is 10.2 Å². The second-order valence-electron chi connectivity index (χ2n) is 5.41. The molecule has 0 amide bonds. The topological polar surface area (TPSA) is 78.4 Å². The predicted octanol–water partition coefficient (Wildman–Crippen LogP) is 4.85. The average molecular weight is 437 g/mol. The predicted molar refractivity (Wildman–Crippen MR) is 107 cm³/mol. The molecule has 2 heterocycles. The Hall–Kier alpha value is -3.03. The van der Waals surface area contributed by atoms with E-state index in [1.807, 2.05) is 0 Å². The number of benzene rings is 1. The second-order valence-corrected chi connectivity index (χ2v) is 6.20. The molecular weight excluding hydrogens is 422 g/mol. The highest BCUT2D eigenvalue weighted by Gasteiger charge is 2.09. The van der Waals surface area contributed by atoms with Crippen LogP contribution in [0.4, 0.5) is 4.39 Å². The molecular formula is C20H15Cl2FN2O4. The largest absolute Gasteiger partial charge is 0.465 e. The number of ether oxygens (including phenoxy) is 2. The van der Waals surface area contributed by atoms with E-state index in [1.54, 1.807) is 6.07 Å². The lowest BCUT2D eigenvalue weighted by molar-refractivity contribution is 0.0592. The zero-order valence-electron chi connectivity index (χ0n) is 15.4. The van der Waals surface area contributed by atoms with Gasteiger partial charge in [0, 0.05) is 18.0 Å². The van der Waals surface area contributed by atoms with E-state index in [-0.39, 0.29) is 10.2 Å². The fourth-order valence-corrected chi connectivity index (χ4v) is 2.43. The molecule has 2 aromatic heterocycles. The lowest BCUT2D eigenvalue weighted by Crippen LogP contribution is -2.01. The summed E-state index contributed by atoms with van der Waals surface area (Å²) in [5.41, 5.74) is 1.79. The van der Waals surface area contributed by atoms with Crippen molar-refractivity contribution in [3.05, 3.63) is 82.0 Å². The molecule has 9 heteroatoms. The summed E-state index contributed by atoms with van der Waals surface area (Å²) < 4.78 is 22.4. The summed E-state index contributed by atoms with van der Waals surface area (Å²) in [4.78, 5) is 30.0. The van der Waals surface area contributed by atoms with Crippen molar-refractivity contribution < 1.29 is 23.5 Å². The Morgan fingerprint density at radius 3 is 2.00 bits per heavy atom. The maximum atomic E-state index is 13.3. The number of rotatable bonds is 3. The number of carbonyl (C=O) groups is 2. The van der Waals surface area contributed by atoms with Crippen molar-refractivity contribution in [1.29, 1.82) is 0 Å². The van der Waals surface area contributed by atoms with Crippen LogP contribution in [-0.4, -0.2) is 36.1 Å². The number of esters is 2. The molecule has 0 radical (unpaired) electrons. The Labute approximate surface area is 176 Å². The van der Waals surface area contributed by atoms with Gasteiger partial charge in [-0.1, -0.05) is 29.3 Å². The number of halogens is 3. The fourth-order valence-electron chi connectivity index (χ4n) is 2.14. The maximum Gasteiger partial charge on any atom is 0.338 e. The molecule has 6 nitrogen and oxygen atoms in total. The van der Waals surface area contributed by atoms with Gasteiger partial charge < -0.3 is 9.47 Å². The summed E-state index contributed by atoms with van der Waals surface area (Å²) in [6.07, 6.45) is 2.92. The molecule has 0 aliphatic heterocycles. The molecule has 3 aromatic rings. The molecule has 0 atom stereocenters. The van der Waals surface area contributed by atoms with E-state index in [0.717, 1.165) is 0 Å². The molecule has 0 aliphatic carbocycles. The number of methoxy groups -OCH3 is 2. The molecule has 0 saturated heterocycles. The van der Waals surface area contributed by atoms with Gasteiger partial charge in [0.25, 0.3) is 0 Å². The van der Waals surface area contributed by atoms with Crippen molar-refractivity contribution in [2.45, 2.75) is 0 Å². The first kappa shape index (κ1) is 22.3. The third-order valence-corrected chi connectivity index (χ3v) is 4.06. The lowest BCUT2D eigenvalue weighted by Gasteiger charge is -2.04. The molecule has 0 spiro atoms. The summed E-state index contributed by atoms with van der Waals surface area (Å²) in [6, 6.07) is 10.4.